The number of nitrogens with zero attached hydrogens (tertiary/aromatic N) is 1. The molecule has 1 aromatic heterocycles. The fraction of sp³-hybridized carbons (Fsp3) is 0.500. The van der Waals surface area contributed by atoms with Crippen LogP contribution in [0.1, 0.15) is 19.5 Å². The average molecular weight is 178 g/mol. The van der Waals surface area contributed by atoms with Crippen LogP contribution in [0.5, 0.6) is 5.75 Å². The molecule has 0 unspecified atom stereocenters. The Morgan fingerprint density at radius 3 is 3.23 bits per heavy atom. The van der Waals surface area contributed by atoms with Gasteiger partial charge in [0.25, 0.3) is 0 Å². The molecule has 1 aromatic rings. The maximum Gasteiger partial charge on any atom is 0.143 e. The number of fused-ring (bicyclic) bond motifs is 1. The van der Waals surface area contributed by atoms with Crippen molar-refractivity contribution in [1.29, 1.82) is 0 Å². The molecule has 0 saturated heterocycles. The number of ether oxygens (including phenoxy) is 1. The fourth-order valence-corrected chi connectivity index (χ4v) is 1.46. The van der Waals surface area contributed by atoms with Crippen LogP contribution >= 0.6 is 0 Å². The summed E-state index contributed by atoms with van der Waals surface area (Å²) < 4.78 is 5.82. The van der Waals surface area contributed by atoms with Crippen molar-refractivity contribution in [3.8, 4) is 5.75 Å². The summed E-state index contributed by atoms with van der Waals surface area (Å²) in [6, 6.07) is 3.87. The second-order valence-electron chi connectivity index (χ2n) is 3.91. The summed E-state index contributed by atoms with van der Waals surface area (Å²) in [4.78, 5) is 4.26. The molecule has 0 radical (unpaired) electrons. The summed E-state index contributed by atoms with van der Waals surface area (Å²) >= 11 is 0. The van der Waals surface area contributed by atoms with Crippen molar-refractivity contribution < 1.29 is 4.74 Å². The van der Waals surface area contributed by atoms with E-state index in [4.69, 9.17) is 4.74 Å². The molecule has 0 atom stereocenters. The lowest BCUT2D eigenvalue weighted by atomic mass is 10.1. The minimum atomic E-state index is -0.145. The smallest absolute Gasteiger partial charge is 0.143 e. The summed E-state index contributed by atoms with van der Waals surface area (Å²) in [5.74, 6) is 0.900. The fourth-order valence-electron chi connectivity index (χ4n) is 1.46. The summed E-state index contributed by atoms with van der Waals surface area (Å²) in [6.07, 6.45) is 1.79. The van der Waals surface area contributed by atoms with E-state index < -0.39 is 0 Å². The molecule has 3 nitrogen and oxygen atoms in total. The van der Waals surface area contributed by atoms with Crippen LogP contribution in [-0.2, 0) is 6.54 Å². The third-order valence-electron chi connectivity index (χ3n) is 2.08. The Hall–Kier alpha value is -1.09. The van der Waals surface area contributed by atoms with E-state index in [0.717, 1.165) is 24.5 Å². The minimum absolute atomic E-state index is 0.145. The molecule has 0 bridgehead atoms. The monoisotopic (exact) mass is 178 g/mol. The Bertz CT molecular complexity index is 310. The highest BCUT2D eigenvalue weighted by atomic mass is 16.5. The highest BCUT2D eigenvalue weighted by molar-refractivity contribution is 5.28. The van der Waals surface area contributed by atoms with Gasteiger partial charge in [0.15, 0.2) is 0 Å². The number of pyridine rings is 1. The Morgan fingerprint density at radius 2 is 2.38 bits per heavy atom. The molecule has 2 heterocycles. The zero-order valence-corrected chi connectivity index (χ0v) is 8.00. The van der Waals surface area contributed by atoms with Crippen LogP contribution in [0, 0.1) is 0 Å². The van der Waals surface area contributed by atoms with Crippen LogP contribution in [-0.4, -0.2) is 17.1 Å². The zero-order chi connectivity index (χ0) is 9.31. The predicted octanol–water partition coefficient (Wildman–Crippen LogP) is 1.34. The van der Waals surface area contributed by atoms with Crippen LogP contribution in [0.2, 0.25) is 0 Å². The molecule has 1 aliphatic heterocycles. The normalized spacial score (nSPS) is 19.8. The largest absolute Gasteiger partial charge is 0.485 e. The third kappa shape index (κ3) is 1.80. The Labute approximate surface area is 78.1 Å². The predicted molar refractivity (Wildman–Crippen MR) is 50.7 cm³/mol. The second-order valence-corrected chi connectivity index (χ2v) is 3.91. The van der Waals surface area contributed by atoms with Crippen LogP contribution < -0.4 is 10.1 Å². The summed E-state index contributed by atoms with van der Waals surface area (Å²) in [5.41, 5.74) is 0.849. The standard InChI is InChI=1S/C10H14N2O/c1-10(2)7-11-6-8-9(13-10)4-3-5-12-8/h3-5,11H,6-7H2,1-2H3. The lowest BCUT2D eigenvalue weighted by Crippen LogP contribution is -2.37. The van der Waals surface area contributed by atoms with E-state index in [2.05, 4.69) is 24.1 Å². The summed E-state index contributed by atoms with van der Waals surface area (Å²) in [7, 11) is 0. The van der Waals surface area contributed by atoms with Crippen LogP contribution in [0.25, 0.3) is 0 Å². The lowest BCUT2D eigenvalue weighted by Gasteiger charge is -2.23. The Kier molecular flexibility index (Phi) is 1.96. The lowest BCUT2D eigenvalue weighted by molar-refractivity contribution is 0.115. The molecule has 0 spiro atoms. The quantitative estimate of drug-likeness (QED) is 0.651. The van der Waals surface area contributed by atoms with E-state index in [9.17, 15) is 0 Å². The van der Waals surface area contributed by atoms with E-state index >= 15 is 0 Å². The van der Waals surface area contributed by atoms with Crippen molar-refractivity contribution in [3.05, 3.63) is 24.0 Å². The molecule has 1 aliphatic rings. The van der Waals surface area contributed by atoms with Gasteiger partial charge in [-0.15, -0.1) is 0 Å². The van der Waals surface area contributed by atoms with Crippen LogP contribution in [0.4, 0.5) is 0 Å². The molecule has 2 rings (SSSR count). The zero-order valence-electron chi connectivity index (χ0n) is 8.00. The number of hydrogen-bond acceptors (Lipinski definition) is 3. The van der Waals surface area contributed by atoms with Gasteiger partial charge in [0, 0.05) is 19.3 Å². The molecule has 0 amide bonds. The molecule has 1 N–H and O–H groups in total. The average Bonchev–Trinajstić information content (AvgIpc) is 2.21. The first-order valence-corrected chi connectivity index (χ1v) is 4.51. The van der Waals surface area contributed by atoms with Gasteiger partial charge in [0.2, 0.25) is 0 Å². The highest BCUT2D eigenvalue weighted by Gasteiger charge is 2.24. The topological polar surface area (TPSA) is 34.2 Å². The van der Waals surface area contributed by atoms with E-state index in [1.807, 2.05) is 12.1 Å². The van der Waals surface area contributed by atoms with Gasteiger partial charge in [-0.3, -0.25) is 4.98 Å². The van der Waals surface area contributed by atoms with Crippen LogP contribution in [0.3, 0.4) is 0 Å². The Morgan fingerprint density at radius 1 is 1.54 bits per heavy atom. The maximum atomic E-state index is 5.82. The molecule has 70 valence electrons. The van der Waals surface area contributed by atoms with Gasteiger partial charge in [0.1, 0.15) is 11.4 Å². The van der Waals surface area contributed by atoms with E-state index in [-0.39, 0.29) is 5.60 Å². The van der Waals surface area contributed by atoms with Gasteiger partial charge in [0.05, 0.1) is 5.69 Å². The van der Waals surface area contributed by atoms with E-state index in [0.29, 0.717) is 0 Å². The highest BCUT2D eigenvalue weighted by Crippen LogP contribution is 2.23. The van der Waals surface area contributed by atoms with Gasteiger partial charge in [-0.05, 0) is 26.0 Å². The van der Waals surface area contributed by atoms with Crippen molar-refractivity contribution in [1.82, 2.24) is 10.3 Å². The van der Waals surface area contributed by atoms with E-state index in [1.165, 1.54) is 0 Å². The Balaban J connectivity index is 2.34. The van der Waals surface area contributed by atoms with Crippen LogP contribution in [0.15, 0.2) is 18.3 Å². The SMILES string of the molecule is CC1(C)CNCc2ncccc2O1. The first kappa shape index (κ1) is 8.51. The first-order valence-electron chi connectivity index (χ1n) is 4.51. The molecule has 13 heavy (non-hydrogen) atoms. The van der Waals surface area contributed by atoms with Crippen molar-refractivity contribution >= 4 is 0 Å². The number of nitrogens with one attached hydrogen (secondary N) is 1. The number of hydrogen-bond donors (Lipinski definition) is 1. The molecule has 0 aliphatic carbocycles. The van der Waals surface area contributed by atoms with Crippen molar-refractivity contribution in [2.24, 2.45) is 0 Å². The number of aromatic nitrogens is 1. The molecule has 0 fully saturated rings. The van der Waals surface area contributed by atoms with Crippen molar-refractivity contribution in [2.75, 3.05) is 6.54 Å². The molecule has 0 saturated carbocycles. The third-order valence-corrected chi connectivity index (χ3v) is 2.08. The van der Waals surface area contributed by atoms with Crippen molar-refractivity contribution in [3.63, 3.8) is 0 Å². The molecular weight excluding hydrogens is 164 g/mol. The van der Waals surface area contributed by atoms with Gasteiger partial charge >= 0.3 is 0 Å². The van der Waals surface area contributed by atoms with E-state index in [1.54, 1.807) is 6.20 Å². The van der Waals surface area contributed by atoms with Gasteiger partial charge < -0.3 is 10.1 Å². The maximum absolute atomic E-state index is 5.82. The summed E-state index contributed by atoms with van der Waals surface area (Å²) in [6.45, 7) is 5.78. The van der Waals surface area contributed by atoms with Crippen molar-refractivity contribution in [2.45, 2.75) is 26.0 Å². The van der Waals surface area contributed by atoms with Gasteiger partial charge in [-0.1, -0.05) is 0 Å². The second kappa shape index (κ2) is 3.00. The molecular formula is C10H14N2O. The van der Waals surface area contributed by atoms with Gasteiger partial charge in [-0.25, -0.2) is 0 Å². The molecule has 0 aromatic carbocycles. The summed E-state index contributed by atoms with van der Waals surface area (Å²) in [5, 5.41) is 3.31. The molecule has 3 heteroatoms. The van der Waals surface area contributed by atoms with Gasteiger partial charge in [-0.2, -0.15) is 0 Å². The first-order chi connectivity index (χ1) is 6.17. The number of rotatable bonds is 0. The minimum Gasteiger partial charge on any atom is -0.485 e.